The molecule has 1 heteroatoms. The Kier molecular flexibility index (Phi) is 4.36. The number of hydrogen-bond acceptors (Lipinski definition) is 1. The average molecular weight is 390 g/mol. The first-order valence-electron chi connectivity index (χ1n) is 10.8. The standard InChI is InChI=1S/C29H27N/c1-17(2)21-6-8-25-22(15-21)7-9-27-26(25)11-10-24-20(5)16-30-29(28(24)27)23-13-18(3)12-19(4)14-23/h6-17H,1-5H3. The van der Waals surface area contributed by atoms with Crippen LogP contribution < -0.4 is 0 Å². The third-order valence-corrected chi connectivity index (χ3v) is 6.25. The molecule has 0 aliphatic carbocycles. The molecule has 30 heavy (non-hydrogen) atoms. The Balaban J connectivity index is 1.90. The number of benzene rings is 4. The van der Waals surface area contributed by atoms with Gasteiger partial charge in [0.05, 0.1) is 5.69 Å². The largest absolute Gasteiger partial charge is 0.255 e. The zero-order valence-corrected chi connectivity index (χ0v) is 18.4. The van der Waals surface area contributed by atoms with Crippen molar-refractivity contribution in [3.63, 3.8) is 0 Å². The maximum atomic E-state index is 4.93. The molecule has 4 aromatic carbocycles. The summed E-state index contributed by atoms with van der Waals surface area (Å²) in [4.78, 5) is 4.93. The molecule has 0 N–H and O–H groups in total. The highest BCUT2D eigenvalue weighted by Crippen LogP contribution is 2.38. The summed E-state index contributed by atoms with van der Waals surface area (Å²) < 4.78 is 0. The summed E-state index contributed by atoms with van der Waals surface area (Å²) >= 11 is 0. The van der Waals surface area contributed by atoms with E-state index in [2.05, 4.69) is 95.3 Å². The van der Waals surface area contributed by atoms with E-state index in [-0.39, 0.29) is 0 Å². The molecule has 0 atom stereocenters. The van der Waals surface area contributed by atoms with Crippen molar-refractivity contribution in [2.75, 3.05) is 0 Å². The lowest BCUT2D eigenvalue weighted by Gasteiger charge is -2.15. The third-order valence-electron chi connectivity index (χ3n) is 6.25. The van der Waals surface area contributed by atoms with Crippen molar-refractivity contribution in [1.82, 2.24) is 4.98 Å². The molecule has 0 aliphatic heterocycles. The van der Waals surface area contributed by atoms with E-state index in [1.165, 1.54) is 60.1 Å². The second-order valence-corrected chi connectivity index (χ2v) is 8.95. The molecule has 0 fully saturated rings. The Morgan fingerprint density at radius 3 is 2.07 bits per heavy atom. The van der Waals surface area contributed by atoms with Gasteiger partial charge >= 0.3 is 0 Å². The summed E-state index contributed by atoms with van der Waals surface area (Å²) in [5.74, 6) is 0.532. The van der Waals surface area contributed by atoms with Gasteiger partial charge in [0, 0.05) is 17.1 Å². The summed E-state index contributed by atoms with van der Waals surface area (Å²) in [6.07, 6.45) is 2.01. The van der Waals surface area contributed by atoms with Crippen LogP contribution in [0.1, 0.15) is 42.0 Å². The summed E-state index contributed by atoms with van der Waals surface area (Å²) in [5.41, 5.74) is 7.41. The van der Waals surface area contributed by atoms with Gasteiger partial charge in [-0.2, -0.15) is 0 Å². The Morgan fingerprint density at radius 1 is 0.667 bits per heavy atom. The van der Waals surface area contributed by atoms with Crippen LogP contribution in [0.4, 0.5) is 0 Å². The molecule has 5 aromatic rings. The number of pyridine rings is 1. The van der Waals surface area contributed by atoms with Gasteiger partial charge in [-0.25, -0.2) is 0 Å². The lowest BCUT2D eigenvalue weighted by Crippen LogP contribution is -1.93. The molecule has 0 saturated carbocycles. The molecule has 5 rings (SSSR count). The van der Waals surface area contributed by atoms with Gasteiger partial charge < -0.3 is 0 Å². The second kappa shape index (κ2) is 6.95. The van der Waals surface area contributed by atoms with Gasteiger partial charge in [-0.05, 0) is 76.9 Å². The molecule has 0 aliphatic rings. The highest BCUT2D eigenvalue weighted by Gasteiger charge is 2.14. The fourth-order valence-electron chi connectivity index (χ4n) is 4.73. The van der Waals surface area contributed by atoms with E-state index in [9.17, 15) is 0 Å². The molecule has 1 heterocycles. The van der Waals surface area contributed by atoms with Crippen molar-refractivity contribution in [2.24, 2.45) is 0 Å². The molecular weight excluding hydrogens is 362 g/mol. The van der Waals surface area contributed by atoms with E-state index in [1.54, 1.807) is 0 Å². The maximum absolute atomic E-state index is 4.93. The van der Waals surface area contributed by atoms with Crippen LogP contribution in [0.3, 0.4) is 0 Å². The predicted octanol–water partition coefficient (Wildman–Crippen LogP) is 8.26. The average Bonchev–Trinajstić information content (AvgIpc) is 2.72. The lowest BCUT2D eigenvalue weighted by molar-refractivity contribution is 0.869. The molecule has 148 valence electrons. The number of aromatic nitrogens is 1. The van der Waals surface area contributed by atoms with Crippen LogP contribution in [0.2, 0.25) is 0 Å². The number of hydrogen-bond donors (Lipinski definition) is 0. The maximum Gasteiger partial charge on any atom is 0.0786 e. The second-order valence-electron chi connectivity index (χ2n) is 8.95. The highest BCUT2D eigenvalue weighted by atomic mass is 14.7. The number of aryl methyl sites for hydroxylation is 3. The van der Waals surface area contributed by atoms with Crippen molar-refractivity contribution < 1.29 is 0 Å². The van der Waals surface area contributed by atoms with Gasteiger partial charge in [-0.1, -0.05) is 73.5 Å². The Morgan fingerprint density at radius 2 is 1.33 bits per heavy atom. The molecule has 0 saturated heterocycles. The first kappa shape index (κ1) is 18.8. The first-order valence-corrected chi connectivity index (χ1v) is 10.8. The van der Waals surface area contributed by atoms with Gasteiger partial charge in [-0.3, -0.25) is 4.98 Å². The predicted molar refractivity (Wildman–Crippen MR) is 130 cm³/mol. The summed E-state index contributed by atoms with van der Waals surface area (Å²) in [5, 5.41) is 7.74. The Labute approximate surface area is 178 Å². The monoisotopic (exact) mass is 389 g/mol. The van der Waals surface area contributed by atoms with E-state index in [1.807, 2.05) is 6.20 Å². The minimum atomic E-state index is 0.532. The number of fused-ring (bicyclic) bond motifs is 5. The first-order chi connectivity index (χ1) is 14.4. The minimum Gasteiger partial charge on any atom is -0.255 e. The van der Waals surface area contributed by atoms with Gasteiger partial charge in [-0.15, -0.1) is 0 Å². The van der Waals surface area contributed by atoms with Crippen LogP contribution in [0.5, 0.6) is 0 Å². The van der Waals surface area contributed by atoms with Crippen LogP contribution in [0.25, 0.3) is 43.6 Å². The fourth-order valence-corrected chi connectivity index (χ4v) is 4.73. The molecule has 0 bridgehead atoms. The normalized spacial score (nSPS) is 11.8. The van der Waals surface area contributed by atoms with Crippen molar-refractivity contribution in [3.05, 3.63) is 89.1 Å². The summed E-state index contributed by atoms with van der Waals surface area (Å²) in [7, 11) is 0. The summed E-state index contributed by atoms with van der Waals surface area (Å²) in [6.45, 7) is 11.0. The number of rotatable bonds is 2. The van der Waals surface area contributed by atoms with Crippen LogP contribution in [0, 0.1) is 20.8 Å². The molecule has 0 spiro atoms. The summed E-state index contributed by atoms with van der Waals surface area (Å²) in [6, 6.07) is 22.7. The van der Waals surface area contributed by atoms with Gasteiger partial charge in [0.25, 0.3) is 0 Å². The van der Waals surface area contributed by atoms with Crippen LogP contribution >= 0.6 is 0 Å². The van der Waals surface area contributed by atoms with Gasteiger partial charge in [0.15, 0.2) is 0 Å². The topological polar surface area (TPSA) is 12.9 Å². The SMILES string of the molecule is Cc1cc(C)cc(-c2ncc(C)c3ccc4c5ccc(C(C)C)cc5ccc4c23)c1. The molecule has 0 unspecified atom stereocenters. The van der Waals surface area contributed by atoms with E-state index >= 15 is 0 Å². The Hall–Kier alpha value is -3.19. The van der Waals surface area contributed by atoms with Crippen LogP contribution in [-0.2, 0) is 0 Å². The van der Waals surface area contributed by atoms with E-state index < -0.39 is 0 Å². The minimum absolute atomic E-state index is 0.532. The molecule has 0 radical (unpaired) electrons. The van der Waals surface area contributed by atoms with E-state index in [0.29, 0.717) is 5.92 Å². The molecule has 1 nitrogen and oxygen atoms in total. The van der Waals surface area contributed by atoms with Crippen LogP contribution in [0.15, 0.2) is 66.9 Å². The van der Waals surface area contributed by atoms with Crippen molar-refractivity contribution in [2.45, 2.75) is 40.5 Å². The lowest BCUT2D eigenvalue weighted by atomic mass is 9.91. The molecular formula is C29H27N. The van der Waals surface area contributed by atoms with Crippen molar-refractivity contribution >= 4 is 32.3 Å². The fraction of sp³-hybridized carbons (Fsp3) is 0.207. The van der Waals surface area contributed by atoms with Crippen molar-refractivity contribution in [3.8, 4) is 11.3 Å². The van der Waals surface area contributed by atoms with Crippen LogP contribution in [-0.4, -0.2) is 4.98 Å². The number of nitrogens with zero attached hydrogens (tertiary/aromatic N) is 1. The third kappa shape index (κ3) is 2.97. The van der Waals surface area contributed by atoms with Gasteiger partial charge in [0.1, 0.15) is 0 Å². The van der Waals surface area contributed by atoms with E-state index in [0.717, 1.165) is 5.69 Å². The van der Waals surface area contributed by atoms with Crippen molar-refractivity contribution in [1.29, 1.82) is 0 Å². The highest BCUT2D eigenvalue weighted by molar-refractivity contribution is 6.20. The molecule has 1 aromatic heterocycles. The zero-order valence-electron chi connectivity index (χ0n) is 18.4. The molecule has 0 amide bonds. The zero-order chi connectivity index (χ0) is 21.0. The van der Waals surface area contributed by atoms with Gasteiger partial charge in [0.2, 0.25) is 0 Å². The van der Waals surface area contributed by atoms with E-state index in [4.69, 9.17) is 4.98 Å². The Bertz CT molecular complexity index is 1420. The smallest absolute Gasteiger partial charge is 0.0786 e. The quantitative estimate of drug-likeness (QED) is 0.277.